The summed E-state index contributed by atoms with van der Waals surface area (Å²) in [6.07, 6.45) is 0.614. The molecule has 3 aromatic carbocycles. The van der Waals surface area contributed by atoms with Gasteiger partial charge in [-0.2, -0.15) is 0 Å². The molecule has 31 heavy (non-hydrogen) atoms. The van der Waals surface area contributed by atoms with E-state index < -0.39 is 5.97 Å². The highest BCUT2D eigenvalue weighted by atomic mass is 16.5. The van der Waals surface area contributed by atoms with Gasteiger partial charge in [-0.15, -0.1) is 0 Å². The van der Waals surface area contributed by atoms with Crippen molar-refractivity contribution in [1.29, 1.82) is 0 Å². The van der Waals surface area contributed by atoms with Gasteiger partial charge in [0.25, 0.3) is 5.91 Å². The third kappa shape index (κ3) is 5.98. The number of hydrogen-bond acceptors (Lipinski definition) is 5. The zero-order valence-electron chi connectivity index (χ0n) is 18.0. The number of rotatable bonds is 9. The third-order valence-corrected chi connectivity index (χ3v) is 5.06. The average molecular weight is 421 g/mol. The first kappa shape index (κ1) is 22.2. The maximum absolute atomic E-state index is 12.3. The molecule has 0 fully saturated rings. The minimum Gasteiger partial charge on any atom is -0.497 e. The molecule has 0 spiro atoms. The molecule has 0 saturated carbocycles. The van der Waals surface area contributed by atoms with Crippen molar-refractivity contribution in [3.63, 3.8) is 0 Å². The quantitative estimate of drug-likeness (QED) is 0.524. The summed E-state index contributed by atoms with van der Waals surface area (Å²) >= 11 is 0. The largest absolute Gasteiger partial charge is 0.497 e. The van der Waals surface area contributed by atoms with Crippen molar-refractivity contribution in [2.24, 2.45) is 0 Å². The normalized spacial score (nSPS) is 11.6. The minimum absolute atomic E-state index is 0.155. The Morgan fingerprint density at radius 3 is 2.32 bits per heavy atom. The molecule has 1 amide bonds. The molecule has 6 heteroatoms. The summed E-state index contributed by atoms with van der Waals surface area (Å²) in [6, 6.07) is 19.3. The van der Waals surface area contributed by atoms with E-state index in [4.69, 9.17) is 14.2 Å². The van der Waals surface area contributed by atoms with Crippen LogP contribution in [0.15, 0.2) is 60.7 Å². The number of amides is 1. The van der Waals surface area contributed by atoms with E-state index in [1.807, 2.05) is 61.5 Å². The lowest BCUT2D eigenvalue weighted by Gasteiger charge is -2.16. The number of hydrogen-bond donors (Lipinski definition) is 1. The smallest absolute Gasteiger partial charge is 0.306 e. The first-order chi connectivity index (χ1) is 15.0. The fourth-order valence-corrected chi connectivity index (χ4v) is 3.46. The molecule has 0 aliphatic carbocycles. The number of carbonyl (C=O) groups is 2. The van der Waals surface area contributed by atoms with Crippen LogP contribution < -0.4 is 14.8 Å². The Balaban J connectivity index is 1.50. The van der Waals surface area contributed by atoms with Gasteiger partial charge in [-0.25, -0.2) is 0 Å². The summed E-state index contributed by atoms with van der Waals surface area (Å²) in [7, 11) is 3.15. The van der Waals surface area contributed by atoms with E-state index in [-0.39, 0.29) is 25.0 Å². The second kappa shape index (κ2) is 10.5. The molecule has 0 aliphatic rings. The summed E-state index contributed by atoms with van der Waals surface area (Å²) < 4.78 is 15.6. The monoisotopic (exact) mass is 421 g/mol. The van der Waals surface area contributed by atoms with Crippen LogP contribution in [0.25, 0.3) is 10.8 Å². The van der Waals surface area contributed by atoms with Gasteiger partial charge in [0.05, 0.1) is 20.3 Å². The Hall–Kier alpha value is -3.54. The average Bonchev–Trinajstić information content (AvgIpc) is 2.80. The van der Waals surface area contributed by atoms with Crippen LogP contribution in [0.3, 0.4) is 0 Å². The SMILES string of the molecule is COc1cc(CCC(=O)OCC(=O)N[C@H](C)c2cccc3ccccc23)cc(OC)c1. The van der Waals surface area contributed by atoms with E-state index in [2.05, 4.69) is 5.32 Å². The molecule has 0 aromatic heterocycles. The number of fused-ring (bicyclic) bond motifs is 1. The maximum Gasteiger partial charge on any atom is 0.306 e. The number of nitrogens with one attached hydrogen (secondary N) is 1. The van der Waals surface area contributed by atoms with Gasteiger partial charge >= 0.3 is 5.97 Å². The molecule has 1 atom stereocenters. The molecule has 3 rings (SSSR count). The summed E-state index contributed by atoms with van der Waals surface area (Å²) in [5.74, 6) is 0.542. The Morgan fingerprint density at radius 2 is 1.61 bits per heavy atom. The lowest BCUT2D eigenvalue weighted by atomic mass is 10.00. The van der Waals surface area contributed by atoms with E-state index in [1.165, 1.54) is 0 Å². The fourth-order valence-electron chi connectivity index (χ4n) is 3.46. The predicted molar refractivity (Wildman–Crippen MR) is 119 cm³/mol. The number of aryl methyl sites for hydroxylation is 1. The fraction of sp³-hybridized carbons (Fsp3) is 0.280. The Kier molecular flexibility index (Phi) is 7.49. The van der Waals surface area contributed by atoms with Crippen molar-refractivity contribution in [2.45, 2.75) is 25.8 Å². The van der Waals surface area contributed by atoms with Crippen molar-refractivity contribution in [1.82, 2.24) is 5.32 Å². The van der Waals surface area contributed by atoms with Gasteiger partial charge in [-0.1, -0.05) is 42.5 Å². The molecule has 0 aliphatic heterocycles. The van der Waals surface area contributed by atoms with Crippen LogP contribution in [-0.2, 0) is 20.7 Å². The lowest BCUT2D eigenvalue weighted by molar-refractivity contribution is -0.148. The van der Waals surface area contributed by atoms with Gasteiger partial charge in [-0.3, -0.25) is 9.59 Å². The summed E-state index contributed by atoms with van der Waals surface area (Å²) in [4.78, 5) is 24.4. The lowest BCUT2D eigenvalue weighted by Crippen LogP contribution is -2.31. The summed E-state index contributed by atoms with van der Waals surface area (Å²) in [5.41, 5.74) is 1.91. The number of ether oxygens (including phenoxy) is 3. The molecule has 0 heterocycles. The Labute approximate surface area is 182 Å². The van der Waals surface area contributed by atoms with Gasteiger partial charge in [0.15, 0.2) is 6.61 Å². The number of esters is 1. The molecule has 0 saturated heterocycles. The van der Waals surface area contributed by atoms with Gasteiger partial charge in [0.2, 0.25) is 0 Å². The molecule has 3 aromatic rings. The van der Waals surface area contributed by atoms with Crippen LogP contribution in [0.4, 0.5) is 0 Å². The van der Waals surface area contributed by atoms with Crippen molar-refractivity contribution in [3.05, 3.63) is 71.8 Å². The van der Waals surface area contributed by atoms with Crippen LogP contribution in [0, 0.1) is 0 Å². The van der Waals surface area contributed by atoms with Crippen molar-refractivity contribution in [2.75, 3.05) is 20.8 Å². The standard InChI is InChI=1S/C25H27NO5/c1-17(22-10-6-8-19-7-4-5-9-23(19)22)26-24(27)16-31-25(28)12-11-18-13-20(29-2)15-21(14-18)30-3/h4-10,13-15,17H,11-12,16H2,1-3H3,(H,26,27)/t17-/m1/s1. The molecule has 0 bridgehead atoms. The second-order valence-electron chi connectivity index (χ2n) is 7.24. The zero-order chi connectivity index (χ0) is 22.2. The predicted octanol–water partition coefficient (Wildman–Crippen LogP) is 4.21. The highest BCUT2D eigenvalue weighted by molar-refractivity contribution is 5.87. The van der Waals surface area contributed by atoms with E-state index in [0.717, 1.165) is 21.9 Å². The van der Waals surface area contributed by atoms with E-state index >= 15 is 0 Å². The summed E-state index contributed by atoms with van der Waals surface area (Å²) in [5, 5.41) is 5.10. The van der Waals surface area contributed by atoms with E-state index in [9.17, 15) is 9.59 Å². The van der Waals surface area contributed by atoms with Gasteiger partial charge in [-0.05, 0) is 47.4 Å². The maximum atomic E-state index is 12.3. The van der Waals surface area contributed by atoms with Gasteiger partial charge in [0, 0.05) is 12.5 Å². The molecule has 162 valence electrons. The molecule has 6 nitrogen and oxygen atoms in total. The minimum atomic E-state index is -0.435. The molecule has 1 N–H and O–H groups in total. The Bertz CT molecular complexity index is 1040. The van der Waals surface area contributed by atoms with Gasteiger partial charge in [0.1, 0.15) is 11.5 Å². The van der Waals surface area contributed by atoms with Crippen LogP contribution in [0.2, 0.25) is 0 Å². The van der Waals surface area contributed by atoms with Crippen LogP contribution >= 0.6 is 0 Å². The highest BCUT2D eigenvalue weighted by Gasteiger charge is 2.14. The van der Waals surface area contributed by atoms with Crippen molar-refractivity contribution >= 4 is 22.6 Å². The van der Waals surface area contributed by atoms with Crippen molar-refractivity contribution in [3.8, 4) is 11.5 Å². The van der Waals surface area contributed by atoms with Crippen molar-refractivity contribution < 1.29 is 23.8 Å². The summed E-state index contributed by atoms with van der Waals surface area (Å²) in [6.45, 7) is 1.60. The molecular formula is C25H27NO5. The molecule has 0 unspecified atom stereocenters. The third-order valence-electron chi connectivity index (χ3n) is 5.06. The Morgan fingerprint density at radius 1 is 0.935 bits per heavy atom. The van der Waals surface area contributed by atoms with E-state index in [0.29, 0.717) is 17.9 Å². The van der Waals surface area contributed by atoms with Gasteiger partial charge < -0.3 is 19.5 Å². The van der Waals surface area contributed by atoms with Crippen LogP contribution in [0.1, 0.15) is 30.5 Å². The van der Waals surface area contributed by atoms with Crippen LogP contribution in [0.5, 0.6) is 11.5 Å². The van der Waals surface area contributed by atoms with E-state index in [1.54, 1.807) is 20.3 Å². The topological polar surface area (TPSA) is 73.9 Å². The first-order valence-electron chi connectivity index (χ1n) is 10.1. The number of benzene rings is 3. The van der Waals surface area contributed by atoms with Crippen LogP contribution in [-0.4, -0.2) is 32.7 Å². The number of methoxy groups -OCH3 is 2. The molecule has 0 radical (unpaired) electrons. The zero-order valence-corrected chi connectivity index (χ0v) is 18.0. The second-order valence-corrected chi connectivity index (χ2v) is 7.24. The number of carbonyl (C=O) groups excluding carboxylic acids is 2. The first-order valence-corrected chi connectivity index (χ1v) is 10.1. The highest BCUT2D eigenvalue weighted by Crippen LogP contribution is 2.24. The molecular weight excluding hydrogens is 394 g/mol.